The van der Waals surface area contributed by atoms with E-state index in [0.717, 1.165) is 32.7 Å². The lowest BCUT2D eigenvalue weighted by Crippen LogP contribution is -2.42. The highest BCUT2D eigenvalue weighted by atomic mass is 33.1. The Hall–Kier alpha value is -3.90. The van der Waals surface area contributed by atoms with Gasteiger partial charge in [-0.1, -0.05) is 45.9 Å². The molecule has 0 aliphatic carbocycles. The van der Waals surface area contributed by atoms with Gasteiger partial charge in [0.2, 0.25) is 11.8 Å². The summed E-state index contributed by atoms with van der Waals surface area (Å²) in [4.78, 5) is 47.4. The molecule has 2 aromatic carbocycles. The lowest BCUT2D eigenvalue weighted by Gasteiger charge is -2.15. The Balaban J connectivity index is 1.80. The number of amides is 2. The molecule has 2 atom stereocenters. The van der Waals surface area contributed by atoms with Crippen molar-refractivity contribution in [1.29, 1.82) is 0 Å². The monoisotopic (exact) mass is 560 g/mol. The topological polar surface area (TPSA) is 151 Å². The maximum absolute atomic E-state index is 12.2. The van der Waals surface area contributed by atoms with E-state index in [1.807, 2.05) is 0 Å². The van der Waals surface area contributed by atoms with Gasteiger partial charge < -0.3 is 30.3 Å². The third-order valence-electron chi connectivity index (χ3n) is 4.87. The second-order valence-corrected chi connectivity index (χ2v) is 10.1. The number of hydrogen-bond acceptors (Lipinski definition) is 8. The van der Waals surface area contributed by atoms with Crippen LogP contribution in [0.4, 0.5) is 0 Å². The van der Waals surface area contributed by atoms with Gasteiger partial charge in [-0.2, -0.15) is 0 Å². The van der Waals surface area contributed by atoms with Crippen molar-refractivity contribution in [2.75, 3.05) is 25.7 Å². The van der Waals surface area contributed by atoms with Gasteiger partial charge in [0.25, 0.3) is 0 Å². The molecule has 202 valence electrons. The average molecular weight is 561 g/mol. The van der Waals surface area contributed by atoms with Gasteiger partial charge in [-0.3, -0.25) is 9.59 Å². The van der Waals surface area contributed by atoms with E-state index in [2.05, 4.69) is 10.6 Å². The summed E-state index contributed by atoms with van der Waals surface area (Å²) in [6, 6.07) is 11.5. The zero-order valence-corrected chi connectivity index (χ0v) is 22.3. The molecule has 2 rings (SSSR count). The predicted molar refractivity (Wildman–Crippen MR) is 148 cm³/mol. The lowest BCUT2D eigenvalue weighted by atomic mass is 10.2. The van der Waals surface area contributed by atoms with Crippen molar-refractivity contribution in [3.63, 3.8) is 0 Å². The van der Waals surface area contributed by atoms with Crippen LogP contribution in [0.3, 0.4) is 0 Å². The van der Waals surface area contributed by atoms with Gasteiger partial charge in [0.15, 0.2) is 0 Å². The molecule has 0 spiro atoms. The van der Waals surface area contributed by atoms with E-state index in [1.54, 1.807) is 74.9 Å². The molecule has 0 aliphatic rings. The number of ether oxygens (including phenoxy) is 2. The minimum Gasteiger partial charge on any atom is -0.497 e. The third kappa shape index (κ3) is 11.0. The molecule has 0 aliphatic heterocycles. The number of benzene rings is 2. The van der Waals surface area contributed by atoms with E-state index >= 15 is 0 Å². The Bertz CT molecular complexity index is 1060. The van der Waals surface area contributed by atoms with E-state index in [9.17, 15) is 29.4 Å². The molecule has 0 radical (unpaired) electrons. The molecular weight excluding hydrogens is 532 g/mol. The maximum Gasteiger partial charge on any atom is 0.327 e. The van der Waals surface area contributed by atoms with Crippen molar-refractivity contribution < 1.29 is 38.9 Å². The first-order valence-corrected chi connectivity index (χ1v) is 13.7. The summed E-state index contributed by atoms with van der Waals surface area (Å²) in [6.45, 7) is 0. The number of aliphatic carboxylic acids is 2. The Kier molecular flexibility index (Phi) is 12.8. The van der Waals surface area contributed by atoms with Crippen LogP contribution in [0.25, 0.3) is 12.2 Å². The molecule has 0 heterocycles. The van der Waals surface area contributed by atoms with Gasteiger partial charge in [0.05, 0.1) is 14.2 Å². The summed E-state index contributed by atoms with van der Waals surface area (Å²) < 4.78 is 10.1. The predicted octanol–water partition coefficient (Wildman–Crippen LogP) is 2.95. The fourth-order valence-electron chi connectivity index (χ4n) is 2.80. The van der Waals surface area contributed by atoms with Crippen LogP contribution in [0.1, 0.15) is 11.1 Å². The molecule has 1 unspecified atom stereocenters. The molecule has 0 bridgehead atoms. The lowest BCUT2D eigenvalue weighted by molar-refractivity contribution is -0.141. The molecule has 0 saturated carbocycles. The normalized spacial score (nSPS) is 12.6. The largest absolute Gasteiger partial charge is 0.497 e. The molecular formula is C26H28N2O8S2. The molecule has 2 aromatic rings. The molecule has 0 saturated heterocycles. The highest BCUT2D eigenvalue weighted by Gasteiger charge is 2.22. The molecule has 2 amide bonds. The van der Waals surface area contributed by atoms with Gasteiger partial charge >= 0.3 is 11.9 Å². The molecule has 4 N–H and O–H groups in total. The summed E-state index contributed by atoms with van der Waals surface area (Å²) in [7, 11) is 5.24. The Morgan fingerprint density at radius 1 is 0.711 bits per heavy atom. The van der Waals surface area contributed by atoms with Crippen molar-refractivity contribution >= 4 is 57.5 Å². The van der Waals surface area contributed by atoms with Crippen LogP contribution >= 0.6 is 21.6 Å². The SMILES string of the molecule is COc1ccc(C=CC(=O)NC(CSSC[C@H](NC(=O)C=Cc2ccc(OC)cc2)C(=O)O)C(=O)O)cc1. The molecule has 0 aromatic heterocycles. The minimum atomic E-state index is -1.23. The van der Waals surface area contributed by atoms with Crippen LogP contribution in [0.5, 0.6) is 11.5 Å². The summed E-state index contributed by atoms with van der Waals surface area (Å²) in [5.74, 6) is -2.31. The number of methoxy groups -OCH3 is 2. The Morgan fingerprint density at radius 2 is 1.05 bits per heavy atom. The summed E-state index contributed by atoms with van der Waals surface area (Å²) in [6.07, 6.45) is 5.54. The van der Waals surface area contributed by atoms with Crippen LogP contribution < -0.4 is 20.1 Å². The number of carboxylic acid groups (broad SMARTS) is 2. The number of carboxylic acids is 2. The summed E-state index contributed by atoms with van der Waals surface area (Å²) in [5, 5.41) is 23.7. The van der Waals surface area contributed by atoms with Gasteiger partial charge in [-0.25, -0.2) is 9.59 Å². The minimum absolute atomic E-state index is 0.0141. The first-order chi connectivity index (χ1) is 18.2. The van der Waals surface area contributed by atoms with Crippen LogP contribution in [0.15, 0.2) is 60.7 Å². The first-order valence-electron chi connectivity index (χ1n) is 11.2. The second-order valence-electron chi connectivity index (χ2n) is 7.58. The Labute approximate surface area is 227 Å². The van der Waals surface area contributed by atoms with Crippen molar-refractivity contribution in [3.05, 3.63) is 71.8 Å². The fraction of sp³-hybridized carbons (Fsp3) is 0.231. The number of rotatable bonds is 15. The van der Waals surface area contributed by atoms with Crippen molar-refractivity contribution in [2.24, 2.45) is 0 Å². The highest BCUT2D eigenvalue weighted by Crippen LogP contribution is 2.23. The standard InChI is InChI=1S/C26H28N2O8S2/c1-35-19-9-3-17(4-10-19)7-13-23(29)27-21(25(31)32)15-37-38-16-22(26(33)34)28-24(30)14-8-18-5-11-20(36-2)12-6-18/h3-14,21-22H,15-16H2,1-2H3,(H,27,29)(H,28,30)(H,31,32)(H,33,34)/t21-,22?/m0/s1. The maximum atomic E-state index is 12.2. The summed E-state index contributed by atoms with van der Waals surface area (Å²) >= 11 is 0. The molecule has 0 fully saturated rings. The highest BCUT2D eigenvalue weighted by molar-refractivity contribution is 8.76. The van der Waals surface area contributed by atoms with Crippen LogP contribution in [0.2, 0.25) is 0 Å². The zero-order chi connectivity index (χ0) is 27.9. The van der Waals surface area contributed by atoms with E-state index in [4.69, 9.17) is 9.47 Å². The fourth-order valence-corrected chi connectivity index (χ4v) is 5.11. The number of nitrogens with one attached hydrogen (secondary N) is 2. The van der Waals surface area contributed by atoms with Crippen molar-refractivity contribution in [1.82, 2.24) is 10.6 Å². The second kappa shape index (κ2) is 16.0. The van der Waals surface area contributed by atoms with E-state index in [1.165, 1.54) is 12.2 Å². The smallest absolute Gasteiger partial charge is 0.327 e. The van der Waals surface area contributed by atoms with Gasteiger partial charge in [0.1, 0.15) is 23.6 Å². The van der Waals surface area contributed by atoms with E-state index in [0.29, 0.717) is 11.5 Å². The molecule has 38 heavy (non-hydrogen) atoms. The van der Waals surface area contributed by atoms with Crippen LogP contribution in [0, 0.1) is 0 Å². The van der Waals surface area contributed by atoms with Gasteiger partial charge in [-0.05, 0) is 47.5 Å². The third-order valence-corrected chi connectivity index (χ3v) is 7.29. The van der Waals surface area contributed by atoms with Gasteiger partial charge in [-0.15, -0.1) is 0 Å². The van der Waals surface area contributed by atoms with Crippen LogP contribution in [-0.2, 0) is 19.2 Å². The number of hydrogen-bond donors (Lipinski definition) is 4. The average Bonchev–Trinajstić information content (AvgIpc) is 2.91. The molecule has 10 nitrogen and oxygen atoms in total. The van der Waals surface area contributed by atoms with E-state index < -0.39 is 35.8 Å². The van der Waals surface area contributed by atoms with Crippen molar-refractivity contribution in [3.8, 4) is 11.5 Å². The number of carbonyl (C=O) groups excluding carboxylic acids is 2. The number of carbonyl (C=O) groups is 4. The Morgan fingerprint density at radius 3 is 1.34 bits per heavy atom. The zero-order valence-electron chi connectivity index (χ0n) is 20.7. The first kappa shape index (κ1) is 30.3. The quantitative estimate of drug-likeness (QED) is 0.145. The van der Waals surface area contributed by atoms with Gasteiger partial charge in [0, 0.05) is 23.7 Å². The van der Waals surface area contributed by atoms with Crippen molar-refractivity contribution in [2.45, 2.75) is 12.1 Å². The molecule has 12 heteroatoms. The summed E-state index contributed by atoms with van der Waals surface area (Å²) in [5.41, 5.74) is 1.47. The van der Waals surface area contributed by atoms with Crippen LogP contribution in [-0.4, -0.2) is 71.8 Å². The van der Waals surface area contributed by atoms with E-state index in [-0.39, 0.29) is 11.5 Å².